The number of aromatic nitrogens is 1. The molecule has 1 heterocycles. The van der Waals surface area contributed by atoms with Crippen molar-refractivity contribution in [3.8, 4) is 16.3 Å². The monoisotopic (exact) mass is 276 g/mol. The average Bonchev–Trinajstić information content (AvgIpc) is 2.84. The van der Waals surface area contributed by atoms with Crippen LogP contribution in [0.5, 0.6) is 5.75 Å². The van der Waals surface area contributed by atoms with E-state index in [9.17, 15) is 9.90 Å². The fourth-order valence-corrected chi connectivity index (χ4v) is 2.41. The van der Waals surface area contributed by atoms with Gasteiger partial charge in [-0.1, -0.05) is 6.92 Å². The number of hydrogen-bond acceptors (Lipinski definition) is 5. The summed E-state index contributed by atoms with van der Waals surface area (Å²) in [4.78, 5) is 14.8. The van der Waals surface area contributed by atoms with E-state index in [1.807, 2.05) is 24.3 Å². The molecule has 1 aromatic carbocycles. The predicted molar refractivity (Wildman–Crippen MR) is 72.0 cm³/mol. The second kappa shape index (κ2) is 6.33. The van der Waals surface area contributed by atoms with Gasteiger partial charge >= 0.3 is 0 Å². The Morgan fingerprint density at radius 3 is 2.74 bits per heavy atom. The van der Waals surface area contributed by atoms with Crippen molar-refractivity contribution in [2.45, 2.75) is 19.8 Å². The fraction of sp³-hybridized carbons (Fsp3) is 0.286. The zero-order chi connectivity index (χ0) is 13.7. The van der Waals surface area contributed by atoms with Crippen molar-refractivity contribution in [3.05, 3.63) is 35.3 Å². The van der Waals surface area contributed by atoms with Gasteiger partial charge in [-0.05, 0) is 30.7 Å². The highest BCUT2D eigenvalue weighted by Gasteiger charge is 2.05. The van der Waals surface area contributed by atoms with Crippen LogP contribution in [-0.2, 0) is 11.2 Å². The van der Waals surface area contributed by atoms with Gasteiger partial charge in [0.1, 0.15) is 10.8 Å². The molecule has 0 aliphatic rings. The van der Waals surface area contributed by atoms with Crippen LogP contribution in [0.15, 0.2) is 29.6 Å². The molecule has 0 N–H and O–H groups in total. The zero-order valence-electron chi connectivity index (χ0n) is 10.6. The van der Waals surface area contributed by atoms with E-state index in [0.717, 1.165) is 22.7 Å². The lowest BCUT2D eigenvalue weighted by molar-refractivity contribution is -0.304. The molecular weight excluding hydrogens is 262 g/mol. The second-order valence-electron chi connectivity index (χ2n) is 4.07. The molecule has 0 amide bonds. The maximum atomic E-state index is 10.5. The Balaban J connectivity index is 2.09. The Hall–Kier alpha value is -1.88. The Labute approximate surface area is 115 Å². The number of carbonyl (C=O) groups excluding carboxylic acids is 1. The van der Waals surface area contributed by atoms with Gasteiger partial charge in [0.25, 0.3) is 0 Å². The first-order chi connectivity index (χ1) is 9.19. The van der Waals surface area contributed by atoms with Gasteiger partial charge < -0.3 is 14.6 Å². The number of benzene rings is 1. The van der Waals surface area contributed by atoms with Gasteiger partial charge in [-0.2, -0.15) is 0 Å². The molecule has 5 heteroatoms. The van der Waals surface area contributed by atoms with E-state index in [2.05, 4.69) is 11.9 Å². The van der Waals surface area contributed by atoms with Crippen molar-refractivity contribution < 1.29 is 14.6 Å². The van der Waals surface area contributed by atoms with Crippen molar-refractivity contribution in [2.75, 3.05) is 6.61 Å². The lowest BCUT2D eigenvalue weighted by atomic mass is 10.2. The van der Waals surface area contributed by atoms with E-state index in [-0.39, 0.29) is 6.42 Å². The second-order valence-corrected chi connectivity index (χ2v) is 4.92. The van der Waals surface area contributed by atoms with Crippen LogP contribution in [0.1, 0.15) is 19.0 Å². The summed E-state index contributed by atoms with van der Waals surface area (Å²) in [6.45, 7) is 2.76. The first-order valence-electron chi connectivity index (χ1n) is 6.06. The molecule has 0 radical (unpaired) electrons. The van der Waals surface area contributed by atoms with Gasteiger partial charge in [-0.15, -0.1) is 11.3 Å². The van der Waals surface area contributed by atoms with Gasteiger partial charge in [0.2, 0.25) is 0 Å². The number of aliphatic carboxylic acids is 1. The van der Waals surface area contributed by atoms with Crippen LogP contribution in [0.4, 0.5) is 0 Å². The van der Waals surface area contributed by atoms with Crippen LogP contribution >= 0.6 is 11.3 Å². The van der Waals surface area contributed by atoms with Crippen LogP contribution in [0.3, 0.4) is 0 Å². The summed E-state index contributed by atoms with van der Waals surface area (Å²) in [5, 5.41) is 13.0. The predicted octanol–water partition coefficient (Wildman–Crippen LogP) is 1.89. The zero-order valence-corrected chi connectivity index (χ0v) is 11.4. The van der Waals surface area contributed by atoms with E-state index in [4.69, 9.17) is 4.74 Å². The van der Waals surface area contributed by atoms with Gasteiger partial charge in [0, 0.05) is 23.3 Å². The van der Waals surface area contributed by atoms with Crippen molar-refractivity contribution >= 4 is 17.3 Å². The molecule has 0 spiro atoms. The van der Waals surface area contributed by atoms with Crippen molar-refractivity contribution in [2.24, 2.45) is 0 Å². The van der Waals surface area contributed by atoms with Gasteiger partial charge in [-0.3, -0.25) is 0 Å². The Bertz CT molecular complexity index is 548. The minimum Gasteiger partial charge on any atom is -0.550 e. The standard InChI is InChI=1S/C14H15NO3S/c1-2-7-18-12-5-3-10(4-6-12)14-15-11(9-19-14)8-13(16)17/h3-6,9H,2,7-8H2,1H3,(H,16,17)/p-1. The van der Waals surface area contributed by atoms with E-state index < -0.39 is 5.97 Å². The van der Waals surface area contributed by atoms with Crippen LogP contribution in [0.2, 0.25) is 0 Å². The SMILES string of the molecule is CCCOc1ccc(-c2nc(CC(=O)[O-])cs2)cc1. The van der Waals surface area contributed by atoms with E-state index in [1.54, 1.807) is 5.38 Å². The minimum atomic E-state index is -1.11. The molecule has 0 bridgehead atoms. The maximum absolute atomic E-state index is 10.5. The number of ether oxygens (including phenoxy) is 1. The number of rotatable bonds is 6. The summed E-state index contributed by atoms with van der Waals surface area (Å²) in [6.07, 6.45) is 0.828. The quantitative estimate of drug-likeness (QED) is 0.808. The van der Waals surface area contributed by atoms with Crippen molar-refractivity contribution in [1.82, 2.24) is 4.98 Å². The highest BCUT2D eigenvalue weighted by molar-refractivity contribution is 7.13. The summed E-state index contributed by atoms with van der Waals surface area (Å²) in [5.41, 5.74) is 1.49. The fourth-order valence-electron chi connectivity index (χ4n) is 1.58. The molecule has 1 aromatic heterocycles. The normalized spacial score (nSPS) is 10.4. The van der Waals surface area contributed by atoms with E-state index >= 15 is 0 Å². The summed E-state index contributed by atoms with van der Waals surface area (Å²) in [5.74, 6) is -0.280. The lowest BCUT2D eigenvalue weighted by Crippen LogP contribution is -2.24. The molecule has 0 fully saturated rings. The molecule has 0 saturated heterocycles. The molecule has 2 rings (SSSR count). The highest BCUT2D eigenvalue weighted by atomic mass is 32.1. The summed E-state index contributed by atoms with van der Waals surface area (Å²) >= 11 is 1.43. The number of carbonyl (C=O) groups is 1. The molecule has 0 saturated carbocycles. The molecule has 0 atom stereocenters. The third-order valence-corrected chi connectivity index (χ3v) is 3.39. The molecule has 0 aliphatic heterocycles. The average molecular weight is 276 g/mol. The van der Waals surface area contributed by atoms with Crippen LogP contribution in [0.25, 0.3) is 10.6 Å². The topological polar surface area (TPSA) is 62.2 Å². The Morgan fingerprint density at radius 2 is 2.11 bits per heavy atom. The number of thiazole rings is 1. The van der Waals surface area contributed by atoms with Crippen LogP contribution in [0, 0.1) is 0 Å². The number of carboxylic acids is 1. The van der Waals surface area contributed by atoms with Crippen LogP contribution in [-0.4, -0.2) is 17.6 Å². The molecule has 4 nitrogen and oxygen atoms in total. The summed E-state index contributed by atoms with van der Waals surface area (Å²) in [7, 11) is 0. The number of hydrogen-bond donors (Lipinski definition) is 0. The van der Waals surface area contributed by atoms with Crippen molar-refractivity contribution in [3.63, 3.8) is 0 Å². The highest BCUT2D eigenvalue weighted by Crippen LogP contribution is 2.25. The smallest absolute Gasteiger partial charge is 0.123 e. The summed E-state index contributed by atoms with van der Waals surface area (Å²) in [6, 6.07) is 7.63. The van der Waals surface area contributed by atoms with Gasteiger partial charge in [0.05, 0.1) is 12.3 Å². The van der Waals surface area contributed by atoms with Gasteiger partial charge in [-0.25, -0.2) is 4.98 Å². The molecule has 2 aromatic rings. The number of carboxylic acid groups (broad SMARTS) is 1. The lowest BCUT2D eigenvalue weighted by Gasteiger charge is -2.04. The van der Waals surface area contributed by atoms with Gasteiger partial charge in [0.15, 0.2) is 0 Å². The van der Waals surface area contributed by atoms with Crippen molar-refractivity contribution in [1.29, 1.82) is 0 Å². The first-order valence-corrected chi connectivity index (χ1v) is 6.94. The Kier molecular flexibility index (Phi) is 4.52. The third-order valence-electron chi connectivity index (χ3n) is 2.45. The van der Waals surface area contributed by atoms with E-state index in [0.29, 0.717) is 12.3 Å². The maximum Gasteiger partial charge on any atom is 0.123 e. The Morgan fingerprint density at radius 1 is 1.37 bits per heavy atom. The molecule has 0 unspecified atom stereocenters. The third kappa shape index (κ3) is 3.79. The molecular formula is C14H14NO3S-. The number of nitrogens with zero attached hydrogens (tertiary/aromatic N) is 1. The first kappa shape index (κ1) is 13.5. The largest absolute Gasteiger partial charge is 0.550 e. The molecule has 19 heavy (non-hydrogen) atoms. The van der Waals surface area contributed by atoms with Crippen LogP contribution < -0.4 is 9.84 Å². The molecule has 100 valence electrons. The minimum absolute atomic E-state index is 0.145. The summed E-state index contributed by atoms with van der Waals surface area (Å²) < 4.78 is 5.50. The van der Waals surface area contributed by atoms with E-state index in [1.165, 1.54) is 11.3 Å². The molecule has 0 aliphatic carbocycles.